The molecule has 1 heterocycles. The normalized spacial score (nSPS) is 23.5. The van der Waals surface area contributed by atoms with Crippen LogP contribution in [-0.2, 0) is 32.7 Å². The Morgan fingerprint density at radius 1 is 1.33 bits per heavy atom. The Kier molecular flexibility index (Phi) is 4.66. The van der Waals surface area contributed by atoms with Crippen molar-refractivity contribution >= 4 is 5.97 Å². The van der Waals surface area contributed by atoms with Crippen LogP contribution in [0.15, 0.2) is 18.2 Å². The molecule has 116 valence electrons. The highest BCUT2D eigenvalue weighted by Gasteiger charge is 2.56. The molecule has 1 aliphatic rings. The van der Waals surface area contributed by atoms with Crippen LogP contribution in [0.3, 0.4) is 0 Å². The van der Waals surface area contributed by atoms with Gasteiger partial charge in [0.15, 0.2) is 0 Å². The van der Waals surface area contributed by atoms with Gasteiger partial charge in [0.05, 0.1) is 25.9 Å². The molecular weight excluding hydrogens is 272 g/mol. The fraction of sp³-hybridized carbons (Fsp3) is 0.562. The summed E-state index contributed by atoms with van der Waals surface area (Å²) in [5, 5.41) is 19.2. The minimum Gasteiger partial charge on any atom is -0.467 e. The molecule has 1 saturated heterocycles. The van der Waals surface area contributed by atoms with E-state index in [1.165, 1.54) is 7.11 Å². The van der Waals surface area contributed by atoms with Crippen LogP contribution in [0, 0.1) is 0 Å². The van der Waals surface area contributed by atoms with E-state index in [0.29, 0.717) is 19.4 Å². The predicted molar refractivity (Wildman–Crippen MR) is 76.9 cm³/mol. The lowest BCUT2D eigenvalue weighted by Gasteiger charge is -2.18. The first-order valence-electron chi connectivity index (χ1n) is 7.10. The van der Waals surface area contributed by atoms with E-state index in [1.807, 2.05) is 18.2 Å². The number of epoxide rings is 1. The fourth-order valence-corrected chi connectivity index (χ4v) is 2.62. The van der Waals surface area contributed by atoms with Gasteiger partial charge in [-0.2, -0.15) is 0 Å². The van der Waals surface area contributed by atoms with E-state index in [4.69, 9.17) is 9.47 Å². The van der Waals surface area contributed by atoms with Gasteiger partial charge in [-0.1, -0.05) is 18.2 Å². The highest BCUT2D eigenvalue weighted by molar-refractivity contribution is 5.84. The van der Waals surface area contributed by atoms with Crippen molar-refractivity contribution in [3.05, 3.63) is 34.9 Å². The Labute approximate surface area is 124 Å². The number of methoxy groups -OCH3 is 1. The molecule has 5 nitrogen and oxygen atoms in total. The zero-order valence-corrected chi connectivity index (χ0v) is 12.6. The summed E-state index contributed by atoms with van der Waals surface area (Å²) in [4.78, 5) is 11.9. The second-order valence-electron chi connectivity index (χ2n) is 5.71. The highest BCUT2D eigenvalue weighted by atomic mass is 16.6. The van der Waals surface area contributed by atoms with E-state index in [0.717, 1.165) is 16.7 Å². The topological polar surface area (TPSA) is 79.3 Å². The van der Waals surface area contributed by atoms with Gasteiger partial charge in [0.1, 0.15) is 0 Å². The van der Waals surface area contributed by atoms with Crippen molar-refractivity contribution in [3.8, 4) is 0 Å². The molecule has 21 heavy (non-hydrogen) atoms. The SMILES string of the molecule is COC(=O)C1(c2ccc(CC(C)O)cc2CC(C)O)CO1. The Morgan fingerprint density at radius 2 is 1.95 bits per heavy atom. The average Bonchev–Trinajstić information content (AvgIpc) is 3.18. The first-order valence-corrected chi connectivity index (χ1v) is 7.10. The van der Waals surface area contributed by atoms with Crippen molar-refractivity contribution in [2.24, 2.45) is 0 Å². The molecule has 1 aromatic rings. The first kappa shape index (κ1) is 15.9. The molecule has 3 unspecified atom stereocenters. The van der Waals surface area contributed by atoms with Crippen molar-refractivity contribution in [1.82, 2.24) is 0 Å². The van der Waals surface area contributed by atoms with Crippen LogP contribution in [0.25, 0.3) is 0 Å². The number of carbonyl (C=O) groups is 1. The molecule has 1 fully saturated rings. The summed E-state index contributed by atoms with van der Waals surface area (Å²) >= 11 is 0. The van der Waals surface area contributed by atoms with Gasteiger partial charge in [0.2, 0.25) is 5.60 Å². The Hall–Kier alpha value is -1.43. The van der Waals surface area contributed by atoms with Crippen LogP contribution in [0.4, 0.5) is 0 Å². The van der Waals surface area contributed by atoms with Gasteiger partial charge in [0.25, 0.3) is 0 Å². The molecule has 0 amide bonds. The van der Waals surface area contributed by atoms with Crippen molar-refractivity contribution in [2.75, 3.05) is 13.7 Å². The minimum atomic E-state index is -1.03. The Morgan fingerprint density at radius 3 is 2.43 bits per heavy atom. The number of hydrogen-bond donors (Lipinski definition) is 2. The number of esters is 1. The van der Waals surface area contributed by atoms with Crippen LogP contribution < -0.4 is 0 Å². The number of ether oxygens (including phenoxy) is 2. The van der Waals surface area contributed by atoms with Crippen LogP contribution in [0.1, 0.15) is 30.5 Å². The third-order valence-electron chi connectivity index (χ3n) is 3.60. The van der Waals surface area contributed by atoms with Gasteiger partial charge in [-0.05, 0) is 37.8 Å². The standard InChI is InChI=1S/C16H22O5/c1-10(17)6-12-4-5-14(13(8-12)7-11(2)18)16(9-21-16)15(19)20-3/h4-5,8,10-11,17-18H,6-7,9H2,1-3H3. The number of aliphatic hydroxyl groups is 2. The Balaban J connectivity index is 2.38. The van der Waals surface area contributed by atoms with Gasteiger partial charge in [0, 0.05) is 5.56 Å². The smallest absolute Gasteiger partial charge is 0.345 e. The maximum absolute atomic E-state index is 11.9. The summed E-state index contributed by atoms with van der Waals surface area (Å²) < 4.78 is 10.2. The number of rotatable bonds is 6. The second kappa shape index (κ2) is 6.13. The van der Waals surface area contributed by atoms with Crippen LogP contribution in [0.5, 0.6) is 0 Å². The average molecular weight is 294 g/mol. The largest absolute Gasteiger partial charge is 0.467 e. The van der Waals surface area contributed by atoms with Crippen molar-refractivity contribution in [3.63, 3.8) is 0 Å². The maximum atomic E-state index is 11.9. The van der Waals surface area contributed by atoms with Crippen molar-refractivity contribution in [1.29, 1.82) is 0 Å². The second-order valence-corrected chi connectivity index (χ2v) is 5.71. The first-order chi connectivity index (χ1) is 9.89. The summed E-state index contributed by atoms with van der Waals surface area (Å²) in [5.74, 6) is -0.419. The van der Waals surface area contributed by atoms with Crippen molar-refractivity contribution < 1.29 is 24.5 Å². The molecule has 0 aromatic heterocycles. The highest BCUT2D eigenvalue weighted by Crippen LogP contribution is 2.42. The quantitative estimate of drug-likeness (QED) is 0.603. The molecule has 2 rings (SSSR count). The van der Waals surface area contributed by atoms with Gasteiger partial charge in [-0.15, -0.1) is 0 Å². The maximum Gasteiger partial charge on any atom is 0.345 e. The number of benzene rings is 1. The predicted octanol–water partition coefficient (Wildman–Crippen LogP) is 0.932. The molecule has 3 atom stereocenters. The molecule has 0 bridgehead atoms. The molecule has 0 spiro atoms. The van der Waals surface area contributed by atoms with Crippen LogP contribution in [-0.4, -0.2) is 42.1 Å². The van der Waals surface area contributed by atoms with E-state index >= 15 is 0 Å². The third kappa shape index (κ3) is 3.43. The van der Waals surface area contributed by atoms with Crippen LogP contribution >= 0.6 is 0 Å². The fourth-order valence-electron chi connectivity index (χ4n) is 2.62. The van der Waals surface area contributed by atoms with E-state index in [-0.39, 0.29) is 0 Å². The van der Waals surface area contributed by atoms with E-state index in [9.17, 15) is 15.0 Å². The summed E-state index contributed by atoms with van der Waals surface area (Å²) in [6, 6.07) is 5.63. The summed E-state index contributed by atoms with van der Waals surface area (Å²) in [7, 11) is 1.34. The lowest BCUT2D eigenvalue weighted by molar-refractivity contribution is -0.147. The number of hydrogen-bond acceptors (Lipinski definition) is 5. The van der Waals surface area contributed by atoms with Gasteiger partial charge < -0.3 is 19.7 Å². The summed E-state index contributed by atoms with van der Waals surface area (Å²) in [6.07, 6.45) is -0.0226. The summed E-state index contributed by atoms with van der Waals surface area (Å²) in [6.45, 7) is 3.72. The number of aliphatic hydroxyl groups excluding tert-OH is 2. The molecule has 2 N–H and O–H groups in total. The molecule has 1 aliphatic heterocycles. The lowest BCUT2D eigenvalue weighted by atomic mass is 9.89. The monoisotopic (exact) mass is 294 g/mol. The minimum absolute atomic E-state index is 0.294. The van der Waals surface area contributed by atoms with Gasteiger partial charge >= 0.3 is 5.97 Å². The zero-order valence-electron chi connectivity index (χ0n) is 12.6. The van der Waals surface area contributed by atoms with E-state index < -0.39 is 23.8 Å². The third-order valence-corrected chi connectivity index (χ3v) is 3.60. The van der Waals surface area contributed by atoms with Crippen LogP contribution in [0.2, 0.25) is 0 Å². The number of carbonyl (C=O) groups excluding carboxylic acids is 1. The van der Waals surface area contributed by atoms with E-state index in [2.05, 4.69) is 0 Å². The van der Waals surface area contributed by atoms with E-state index in [1.54, 1.807) is 13.8 Å². The Bertz CT molecular complexity index is 517. The molecule has 0 aliphatic carbocycles. The molecule has 1 aromatic carbocycles. The van der Waals surface area contributed by atoms with Gasteiger partial charge in [-0.3, -0.25) is 0 Å². The lowest BCUT2D eigenvalue weighted by Crippen LogP contribution is -2.26. The molecule has 0 saturated carbocycles. The molecular formula is C16H22O5. The van der Waals surface area contributed by atoms with Crippen molar-refractivity contribution in [2.45, 2.75) is 44.5 Å². The van der Waals surface area contributed by atoms with Gasteiger partial charge in [-0.25, -0.2) is 4.79 Å². The summed E-state index contributed by atoms with van der Waals surface area (Å²) in [5.41, 5.74) is 1.53. The zero-order chi connectivity index (χ0) is 15.6. The molecule has 0 radical (unpaired) electrons. The molecule has 5 heteroatoms.